The molecular weight excluding hydrogens is 894 g/mol. The number of benzene rings is 4. The topological polar surface area (TPSA) is 86.4 Å². The lowest BCUT2D eigenvalue weighted by Crippen LogP contribution is -2.40. The van der Waals surface area contributed by atoms with E-state index in [2.05, 4.69) is 96.8 Å². The third-order valence-electron chi connectivity index (χ3n) is 16.4. The average molecular weight is 968 g/mol. The van der Waals surface area contributed by atoms with Gasteiger partial charge in [-0.3, -0.25) is 4.68 Å². The molecule has 1 saturated carbocycles. The molecule has 0 amide bonds. The predicted octanol–water partition coefficient (Wildman–Crippen LogP) is 12.2. The molecule has 0 radical (unpaired) electrons. The number of piperidine rings is 1. The Hall–Kier alpha value is -5.42. The normalized spacial score (nSPS) is 22.5. The van der Waals surface area contributed by atoms with Crippen molar-refractivity contribution in [1.29, 1.82) is 0 Å². The first-order chi connectivity index (χ1) is 33.8. The fourth-order valence-corrected chi connectivity index (χ4v) is 12.6. The van der Waals surface area contributed by atoms with Crippen molar-refractivity contribution in [1.82, 2.24) is 30.6 Å². The second-order valence-electron chi connectivity index (χ2n) is 21.0. The number of fused-ring (bicyclic) bond motifs is 3. The highest BCUT2D eigenvalue weighted by Gasteiger charge is 2.47. The van der Waals surface area contributed by atoms with Crippen LogP contribution >= 0.6 is 11.6 Å². The predicted molar refractivity (Wildman–Crippen MR) is 287 cm³/mol. The molecule has 70 heavy (non-hydrogen) atoms. The Balaban J connectivity index is 0.000000178. The average Bonchev–Trinajstić information content (AvgIpc) is 3.76. The van der Waals surface area contributed by atoms with Crippen LogP contribution in [-0.2, 0) is 25.3 Å². The van der Waals surface area contributed by atoms with E-state index in [1.807, 2.05) is 48.1 Å². The number of hydrogen-bond acceptors (Lipinski definition) is 7. The Labute approximate surface area is 420 Å². The van der Waals surface area contributed by atoms with E-state index in [9.17, 15) is 0 Å². The molecule has 2 aliphatic heterocycles. The van der Waals surface area contributed by atoms with Crippen LogP contribution in [0.4, 0.5) is 14.6 Å². The molecule has 3 fully saturated rings. The number of aromatic nitrogens is 2. The maximum atomic E-state index is 15.8. The largest absolute Gasteiger partial charge is 0.398 e. The van der Waals surface area contributed by atoms with Crippen LogP contribution in [0.2, 0.25) is 5.02 Å². The SMILES string of the molecule is C=CNCCC(CCC1CC(NC)C1)CN1CCC(c2ccc3c(N4CCC(=C)NC4=C)nn(C)c3c2)CC1.CCCc1ccc2c(c1F)-c1c(Cl)c(F)cc3c1C(C=C2N)C(C)(c1ccccc1)C3. The van der Waals surface area contributed by atoms with Crippen molar-refractivity contribution >= 4 is 34.0 Å². The van der Waals surface area contributed by atoms with Gasteiger partial charge in [-0.05, 0) is 141 Å². The molecule has 0 bridgehead atoms. The summed E-state index contributed by atoms with van der Waals surface area (Å²) in [6, 6.07) is 23.1. The molecule has 10 rings (SSSR count). The van der Waals surface area contributed by atoms with Crippen molar-refractivity contribution in [3.63, 3.8) is 0 Å². The van der Waals surface area contributed by atoms with Crippen molar-refractivity contribution in [3.05, 3.63) is 160 Å². The van der Waals surface area contributed by atoms with Gasteiger partial charge in [-0.15, -0.1) is 0 Å². The molecule has 5 aromatic rings. The highest BCUT2D eigenvalue weighted by atomic mass is 35.5. The molecular formula is C59H73ClF2N8. The van der Waals surface area contributed by atoms with Gasteiger partial charge in [-0.2, -0.15) is 5.10 Å². The lowest BCUT2D eigenvalue weighted by atomic mass is 9.72. The minimum absolute atomic E-state index is 0.0297. The van der Waals surface area contributed by atoms with Crippen LogP contribution in [0, 0.1) is 23.5 Å². The smallest absolute Gasteiger partial charge is 0.164 e. The summed E-state index contributed by atoms with van der Waals surface area (Å²) in [5.41, 5.74) is 15.3. The summed E-state index contributed by atoms with van der Waals surface area (Å²) in [7, 11) is 4.16. The van der Waals surface area contributed by atoms with Gasteiger partial charge in [0.05, 0.1) is 10.5 Å². The standard InChI is InChI=1S/C32H49N7.C27H24ClF2N/c1-6-34-15-11-25(7-8-26-19-29(20-26)33-4)22-38-16-13-27(14-17-38)28-9-10-30-31(21-28)37(5)36-32(30)39-18-12-23(2)35-24(39)3;1-3-7-15-10-11-18-21(31)13-19-22-16(14-27(19,2)17-8-5-4-6-9-17)12-20(29)25(28)24(22)23(18)26(15)30/h6,9-10,21,25-27,29,33-35H,1-3,7-8,11-20,22H2,4-5H3;4-6,8-13,19H,3,7,14,31H2,1-2H3. The van der Waals surface area contributed by atoms with E-state index in [0.29, 0.717) is 46.7 Å². The molecule has 3 heterocycles. The Kier molecular flexibility index (Phi) is 15.0. The van der Waals surface area contributed by atoms with E-state index in [1.165, 1.54) is 87.1 Å². The third kappa shape index (κ3) is 9.80. The monoisotopic (exact) mass is 967 g/mol. The summed E-state index contributed by atoms with van der Waals surface area (Å²) in [6.07, 6.45) is 16.0. The van der Waals surface area contributed by atoms with Crippen molar-refractivity contribution in [2.24, 2.45) is 24.6 Å². The van der Waals surface area contributed by atoms with Crippen LogP contribution in [0.3, 0.4) is 0 Å². The number of nitrogens with one attached hydrogen (secondary N) is 3. The minimum atomic E-state index is -0.516. The van der Waals surface area contributed by atoms with E-state index in [4.69, 9.17) is 22.4 Å². The van der Waals surface area contributed by atoms with Crippen LogP contribution < -0.4 is 26.6 Å². The number of allylic oxidation sites excluding steroid dienone is 1. The molecule has 1 aromatic heterocycles. The van der Waals surface area contributed by atoms with Gasteiger partial charge in [-0.1, -0.05) is 113 Å². The van der Waals surface area contributed by atoms with Crippen LogP contribution in [0.1, 0.15) is 117 Å². The third-order valence-corrected chi connectivity index (χ3v) is 16.8. The van der Waals surface area contributed by atoms with Gasteiger partial charge in [0, 0.05) is 83.9 Å². The number of rotatable bonds is 15. The highest BCUT2D eigenvalue weighted by molar-refractivity contribution is 6.34. The van der Waals surface area contributed by atoms with Gasteiger partial charge in [0.15, 0.2) is 5.82 Å². The Bertz CT molecular complexity index is 2770. The Morgan fingerprint density at radius 2 is 1.79 bits per heavy atom. The van der Waals surface area contributed by atoms with E-state index in [0.717, 1.165) is 77.8 Å². The Morgan fingerprint density at radius 1 is 1.01 bits per heavy atom. The van der Waals surface area contributed by atoms with Gasteiger partial charge in [-0.25, -0.2) is 8.78 Å². The maximum Gasteiger partial charge on any atom is 0.164 e. The van der Waals surface area contributed by atoms with Gasteiger partial charge in [0.1, 0.15) is 17.5 Å². The molecule has 5 aliphatic rings. The molecule has 3 unspecified atom stereocenters. The van der Waals surface area contributed by atoms with Crippen molar-refractivity contribution in [2.75, 3.05) is 44.7 Å². The molecule has 370 valence electrons. The summed E-state index contributed by atoms with van der Waals surface area (Å²) in [5.74, 6) is 3.15. The molecule has 11 heteroatoms. The zero-order valence-electron chi connectivity index (χ0n) is 41.8. The second kappa shape index (κ2) is 21.1. The van der Waals surface area contributed by atoms with Crippen molar-refractivity contribution in [2.45, 2.75) is 108 Å². The van der Waals surface area contributed by atoms with Crippen LogP contribution in [0.15, 0.2) is 110 Å². The fraction of sp³-hybridized carbons (Fsp3) is 0.441. The van der Waals surface area contributed by atoms with Gasteiger partial charge < -0.3 is 31.5 Å². The molecule has 5 N–H and O–H groups in total. The second-order valence-corrected chi connectivity index (χ2v) is 21.4. The van der Waals surface area contributed by atoms with Crippen molar-refractivity contribution in [3.8, 4) is 11.1 Å². The first-order valence-electron chi connectivity index (χ1n) is 25.8. The number of nitrogens with two attached hydrogens (primary N) is 1. The summed E-state index contributed by atoms with van der Waals surface area (Å²) < 4.78 is 32.9. The summed E-state index contributed by atoms with van der Waals surface area (Å²) in [6.45, 7) is 21.8. The molecule has 0 spiro atoms. The number of hydrogen-bond donors (Lipinski definition) is 4. The Morgan fingerprint density at radius 3 is 2.50 bits per heavy atom. The summed E-state index contributed by atoms with van der Waals surface area (Å²) in [5, 5.41) is 16.1. The fourth-order valence-electron chi connectivity index (χ4n) is 12.3. The van der Waals surface area contributed by atoms with Gasteiger partial charge >= 0.3 is 0 Å². The number of nitrogens with zero attached hydrogens (tertiary/aromatic N) is 4. The number of anilines is 1. The lowest BCUT2D eigenvalue weighted by Gasteiger charge is -2.37. The van der Waals surface area contributed by atoms with E-state index < -0.39 is 5.82 Å². The molecule has 4 aromatic carbocycles. The number of likely N-dealkylation sites (tertiary alicyclic amines) is 1. The number of aryl methyl sites for hydroxylation is 2. The summed E-state index contributed by atoms with van der Waals surface area (Å²) >= 11 is 6.56. The van der Waals surface area contributed by atoms with Crippen molar-refractivity contribution < 1.29 is 8.78 Å². The molecule has 3 atom stereocenters. The number of halogens is 3. The zero-order valence-corrected chi connectivity index (χ0v) is 42.6. The first-order valence-corrected chi connectivity index (χ1v) is 26.2. The van der Waals surface area contributed by atoms with E-state index in [-0.39, 0.29) is 22.2 Å². The molecule has 8 nitrogen and oxygen atoms in total. The van der Waals surface area contributed by atoms with Gasteiger partial charge in [0.25, 0.3) is 0 Å². The molecule has 2 saturated heterocycles. The van der Waals surface area contributed by atoms with Crippen LogP contribution in [0.5, 0.6) is 0 Å². The highest BCUT2D eigenvalue weighted by Crippen LogP contribution is 2.57. The van der Waals surface area contributed by atoms with E-state index in [1.54, 1.807) is 6.07 Å². The van der Waals surface area contributed by atoms with Gasteiger partial charge in [0.2, 0.25) is 0 Å². The molecule has 3 aliphatic carbocycles. The maximum absolute atomic E-state index is 15.8. The summed E-state index contributed by atoms with van der Waals surface area (Å²) in [4.78, 5) is 4.91. The lowest BCUT2D eigenvalue weighted by molar-refractivity contribution is 0.157. The first kappa shape index (κ1) is 49.6. The van der Waals surface area contributed by atoms with Crippen LogP contribution in [-0.4, -0.2) is 60.5 Å². The minimum Gasteiger partial charge on any atom is -0.398 e. The van der Waals surface area contributed by atoms with Crippen LogP contribution in [0.25, 0.3) is 27.7 Å². The quantitative estimate of drug-likeness (QED) is 0.0778. The van der Waals surface area contributed by atoms with E-state index >= 15 is 8.78 Å². The zero-order chi connectivity index (χ0) is 49.3.